The van der Waals surface area contributed by atoms with Crippen molar-refractivity contribution >= 4 is 23.4 Å². The molecule has 37 heavy (non-hydrogen) atoms. The van der Waals surface area contributed by atoms with Gasteiger partial charge in [0.25, 0.3) is 5.91 Å². The van der Waals surface area contributed by atoms with E-state index >= 15 is 0 Å². The zero-order valence-electron chi connectivity index (χ0n) is 21.6. The SMILES string of the molecule is Cc1cccc(C(=O)NC(C(=O)N2CCC3(CC2)C(=O)N(C)CN3c2cccc(C#N)c2)C(C)C)c1F. The molecule has 2 aromatic rings. The average Bonchev–Trinajstić information content (AvgIpc) is 3.13. The molecule has 9 heteroatoms. The number of halogens is 1. The molecule has 2 heterocycles. The summed E-state index contributed by atoms with van der Waals surface area (Å²) in [6.45, 7) is 6.33. The molecule has 0 bridgehead atoms. The molecule has 194 valence electrons. The summed E-state index contributed by atoms with van der Waals surface area (Å²) in [5, 5.41) is 12.1. The highest BCUT2D eigenvalue weighted by atomic mass is 19.1. The Morgan fingerprint density at radius 2 is 1.81 bits per heavy atom. The van der Waals surface area contributed by atoms with Crippen molar-refractivity contribution in [3.63, 3.8) is 0 Å². The Balaban J connectivity index is 1.51. The second-order valence-corrected chi connectivity index (χ2v) is 10.2. The molecule has 2 saturated heterocycles. The number of carbonyl (C=O) groups is 3. The summed E-state index contributed by atoms with van der Waals surface area (Å²) < 4.78 is 14.5. The van der Waals surface area contributed by atoms with Crippen molar-refractivity contribution < 1.29 is 18.8 Å². The van der Waals surface area contributed by atoms with Crippen LogP contribution in [0.4, 0.5) is 10.1 Å². The van der Waals surface area contributed by atoms with E-state index < -0.39 is 23.3 Å². The lowest BCUT2D eigenvalue weighted by Gasteiger charge is -2.44. The molecule has 0 radical (unpaired) electrons. The van der Waals surface area contributed by atoms with Gasteiger partial charge in [0.15, 0.2) is 0 Å². The number of aryl methyl sites for hydroxylation is 1. The second-order valence-electron chi connectivity index (χ2n) is 10.2. The van der Waals surface area contributed by atoms with E-state index in [4.69, 9.17) is 0 Å². The molecule has 2 aromatic carbocycles. The van der Waals surface area contributed by atoms with Gasteiger partial charge in [-0.25, -0.2) is 4.39 Å². The quantitative estimate of drug-likeness (QED) is 0.674. The number of rotatable bonds is 5. The fourth-order valence-corrected chi connectivity index (χ4v) is 5.29. The number of likely N-dealkylation sites (N-methyl/N-ethyl adjacent to an activating group) is 1. The molecule has 2 aliphatic rings. The standard InChI is InChI=1S/C28H32FN5O3/c1-18(2)24(31-25(35)22-10-5-7-19(3)23(22)29)26(36)33-13-11-28(12-14-33)27(37)32(4)17-34(28)21-9-6-8-20(15-21)16-30/h5-10,15,18,24H,11-14,17H2,1-4H3,(H,31,35). The minimum atomic E-state index is -0.827. The van der Waals surface area contributed by atoms with Crippen LogP contribution in [0.25, 0.3) is 0 Å². The van der Waals surface area contributed by atoms with Gasteiger partial charge in [-0.05, 0) is 55.5 Å². The van der Waals surface area contributed by atoms with Gasteiger partial charge in [0.1, 0.15) is 17.4 Å². The van der Waals surface area contributed by atoms with Crippen molar-refractivity contribution in [1.82, 2.24) is 15.1 Å². The number of nitrogens with one attached hydrogen (secondary N) is 1. The zero-order valence-corrected chi connectivity index (χ0v) is 21.6. The van der Waals surface area contributed by atoms with Crippen molar-refractivity contribution in [3.8, 4) is 6.07 Å². The zero-order chi connectivity index (χ0) is 26.9. The summed E-state index contributed by atoms with van der Waals surface area (Å²) in [5.74, 6) is -1.70. The van der Waals surface area contributed by atoms with Gasteiger partial charge in [-0.1, -0.05) is 32.0 Å². The first kappa shape index (κ1) is 26.1. The van der Waals surface area contributed by atoms with Crippen molar-refractivity contribution in [1.29, 1.82) is 5.26 Å². The lowest BCUT2D eigenvalue weighted by atomic mass is 9.85. The summed E-state index contributed by atoms with van der Waals surface area (Å²) in [5.41, 5.74) is 0.774. The molecule has 4 rings (SSSR count). The Morgan fingerprint density at radius 3 is 2.46 bits per heavy atom. The number of hydrogen-bond acceptors (Lipinski definition) is 5. The summed E-state index contributed by atoms with van der Waals surface area (Å²) in [6.07, 6.45) is 0.841. The maximum Gasteiger partial charge on any atom is 0.254 e. The Labute approximate surface area is 216 Å². The summed E-state index contributed by atoms with van der Waals surface area (Å²) >= 11 is 0. The van der Waals surface area contributed by atoms with Crippen LogP contribution in [0, 0.1) is 30.0 Å². The first-order chi connectivity index (χ1) is 17.6. The van der Waals surface area contributed by atoms with Crippen LogP contribution in [0.3, 0.4) is 0 Å². The summed E-state index contributed by atoms with van der Waals surface area (Å²) in [6, 6.07) is 13.1. The molecule has 8 nitrogen and oxygen atoms in total. The Kier molecular flexibility index (Phi) is 7.21. The Bertz CT molecular complexity index is 1260. The first-order valence-electron chi connectivity index (χ1n) is 12.5. The molecule has 2 aliphatic heterocycles. The van der Waals surface area contributed by atoms with Gasteiger partial charge >= 0.3 is 0 Å². The Hall–Kier alpha value is -3.93. The molecule has 2 fully saturated rings. The van der Waals surface area contributed by atoms with E-state index in [0.29, 0.717) is 43.7 Å². The topological polar surface area (TPSA) is 96.8 Å². The van der Waals surface area contributed by atoms with Gasteiger partial charge in [0.2, 0.25) is 11.8 Å². The number of hydrogen-bond donors (Lipinski definition) is 1. The fourth-order valence-electron chi connectivity index (χ4n) is 5.29. The van der Waals surface area contributed by atoms with E-state index in [2.05, 4.69) is 11.4 Å². The van der Waals surface area contributed by atoms with Crippen LogP contribution in [0.5, 0.6) is 0 Å². The molecule has 0 saturated carbocycles. The summed E-state index contributed by atoms with van der Waals surface area (Å²) in [4.78, 5) is 45.1. The van der Waals surface area contributed by atoms with Crippen molar-refractivity contribution in [2.75, 3.05) is 31.7 Å². The maximum absolute atomic E-state index is 14.5. The van der Waals surface area contributed by atoms with Gasteiger partial charge in [0, 0.05) is 25.8 Å². The van der Waals surface area contributed by atoms with Gasteiger partial charge < -0.3 is 20.0 Å². The van der Waals surface area contributed by atoms with Crippen LogP contribution in [0.2, 0.25) is 0 Å². The van der Waals surface area contributed by atoms with E-state index in [0.717, 1.165) is 5.69 Å². The van der Waals surface area contributed by atoms with Crippen LogP contribution in [0.15, 0.2) is 42.5 Å². The normalized spacial score (nSPS) is 17.8. The number of amides is 3. The number of likely N-dealkylation sites (tertiary alicyclic amines) is 1. The molecular formula is C28H32FN5O3. The van der Waals surface area contributed by atoms with E-state index in [1.165, 1.54) is 6.07 Å². The van der Waals surface area contributed by atoms with Gasteiger partial charge in [-0.2, -0.15) is 5.26 Å². The lowest BCUT2D eigenvalue weighted by Crippen LogP contribution is -2.60. The van der Waals surface area contributed by atoms with E-state index in [1.807, 2.05) is 24.8 Å². The molecule has 1 unspecified atom stereocenters. The number of carbonyl (C=O) groups excluding carboxylic acids is 3. The average molecular weight is 506 g/mol. The number of anilines is 1. The molecule has 3 amide bonds. The smallest absolute Gasteiger partial charge is 0.254 e. The van der Waals surface area contributed by atoms with Crippen LogP contribution in [0.1, 0.15) is 48.2 Å². The molecule has 0 aliphatic carbocycles. The lowest BCUT2D eigenvalue weighted by molar-refractivity contribution is -0.139. The van der Waals surface area contributed by atoms with Crippen molar-refractivity contribution in [2.24, 2.45) is 5.92 Å². The van der Waals surface area contributed by atoms with Crippen molar-refractivity contribution in [2.45, 2.75) is 45.2 Å². The fraction of sp³-hybridized carbons (Fsp3) is 0.429. The minimum Gasteiger partial charge on any atom is -0.341 e. The maximum atomic E-state index is 14.5. The Morgan fingerprint density at radius 1 is 1.14 bits per heavy atom. The number of nitrogens with zero attached hydrogens (tertiary/aromatic N) is 4. The monoisotopic (exact) mass is 505 g/mol. The summed E-state index contributed by atoms with van der Waals surface area (Å²) in [7, 11) is 1.75. The molecular weight excluding hydrogens is 473 g/mol. The number of benzene rings is 2. The predicted octanol–water partition coefficient (Wildman–Crippen LogP) is 3.06. The minimum absolute atomic E-state index is 0.00871. The van der Waals surface area contributed by atoms with Crippen molar-refractivity contribution in [3.05, 3.63) is 65.0 Å². The molecule has 1 atom stereocenters. The molecule has 1 N–H and O–H groups in total. The third-order valence-corrected chi connectivity index (χ3v) is 7.46. The van der Waals surface area contributed by atoms with Gasteiger partial charge in [-0.3, -0.25) is 14.4 Å². The molecule has 0 aromatic heterocycles. The van der Waals surface area contributed by atoms with E-state index in [9.17, 15) is 24.0 Å². The van der Waals surface area contributed by atoms with Crippen LogP contribution >= 0.6 is 0 Å². The van der Waals surface area contributed by atoms with Gasteiger partial charge in [0.05, 0.1) is 23.9 Å². The predicted molar refractivity (Wildman–Crippen MR) is 137 cm³/mol. The van der Waals surface area contributed by atoms with E-state index in [-0.39, 0.29) is 23.3 Å². The highest BCUT2D eigenvalue weighted by molar-refractivity contribution is 5.98. The van der Waals surface area contributed by atoms with E-state index in [1.54, 1.807) is 54.1 Å². The largest absolute Gasteiger partial charge is 0.341 e. The third kappa shape index (κ3) is 4.76. The molecule has 1 spiro atoms. The third-order valence-electron chi connectivity index (χ3n) is 7.46. The van der Waals surface area contributed by atoms with Gasteiger partial charge in [-0.15, -0.1) is 0 Å². The van der Waals surface area contributed by atoms with Crippen LogP contribution in [-0.2, 0) is 9.59 Å². The highest BCUT2D eigenvalue weighted by Gasteiger charge is 2.53. The van der Waals surface area contributed by atoms with Crippen LogP contribution in [-0.4, -0.2) is 65.9 Å². The van der Waals surface area contributed by atoms with Crippen LogP contribution < -0.4 is 10.2 Å². The number of nitriles is 1. The highest BCUT2D eigenvalue weighted by Crippen LogP contribution is 2.39. The first-order valence-corrected chi connectivity index (χ1v) is 12.5. The second kappa shape index (κ2) is 10.2. The number of piperidine rings is 1.